The molecule has 0 radical (unpaired) electrons. The monoisotopic (exact) mass is 333 g/mol. The minimum atomic E-state index is -0.0359. The third-order valence-electron chi connectivity index (χ3n) is 3.32. The van der Waals surface area contributed by atoms with Crippen LogP contribution in [0.1, 0.15) is 24.8 Å². The van der Waals surface area contributed by atoms with Crippen LogP contribution in [-0.2, 0) is 11.3 Å². The summed E-state index contributed by atoms with van der Waals surface area (Å²) >= 11 is 0. The second-order valence-corrected chi connectivity index (χ2v) is 5.43. The standard InChI is InChI=1S/C15H23N3O.2ClH/c1-18(2)11-12-6-5-7-13(10-12)17-15(19)14-8-3-4-9-16-14;;/h5-7,10,14,16H,3-4,8-9,11H2,1-2H3,(H,17,19);2*1H/t14-;;/m1../s1. The third-order valence-corrected chi connectivity index (χ3v) is 3.32. The molecule has 1 aromatic carbocycles. The highest BCUT2D eigenvalue weighted by Gasteiger charge is 2.20. The van der Waals surface area contributed by atoms with Gasteiger partial charge in [-0.1, -0.05) is 18.6 Å². The maximum absolute atomic E-state index is 12.1. The largest absolute Gasteiger partial charge is 0.325 e. The minimum Gasteiger partial charge on any atom is -0.325 e. The molecule has 0 aliphatic carbocycles. The van der Waals surface area contributed by atoms with Crippen molar-refractivity contribution in [3.8, 4) is 0 Å². The second-order valence-electron chi connectivity index (χ2n) is 5.43. The zero-order valence-electron chi connectivity index (χ0n) is 12.6. The third kappa shape index (κ3) is 6.66. The van der Waals surface area contributed by atoms with Crippen LogP contribution in [0.15, 0.2) is 24.3 Å². The molecule has 0 bridgehead atoms. The number of nitrogens with one attached hydrogen (secondary N) is 2. The van der Waals surface area contributed by atoms with Crippen LogP contribution in [0.4, 0.5) is 5.69 Å². The number of nitrogens with zero attached hydrogens (tertiary/aromatic N) is 1. The summed E-state index contributed by atoms with van der Waals surface area (Å²) in [6, 6.07) is 8.02. The highest BCUT2D eigenvalue weighted by Crippen LogP contribution is 2.14. The van der Waals surface area contributed by atoms with Crippen molar-refractivity contribution in [2.75, 3.05) is 26.0 Å². The first-order chi connectivity index (χ1) is 9.15. The molecular formula is C15H25Cl2N3O. The summed E-state index contributed by atoms with van der Waals surface area (Å²) in [5.74, 6) is 0.0849. The molecule has 4 nitrogen and oxygen atoms in total. The van der Waals surface area contributed by atoms with Crippen molar-refractivity contribution in [3.05, 3.63) is 29.8 Å². The first kappa shape index (κ1) is 20.2. The van der Waals surface area contributed by atoms with E-state index in [2.05, 4.69) is 21.6 Å². The summed E-state index contributed by atoms with van der Waals surface area (Å²) in [4.78, 5) is 14.2. The minimum absolute atomic E-state index is 0. The Labute approximate surface area is 139 Å². The number of halogens is 2. The molecule has 0 aromatic heterocycles. The van der Waals surface area contributed by atoms with Gasteiger partial charge in [-0.15, -0.1) is 24.8 Å². The predicted molar refractivity (Wildman–Crippen MR) is 92.6 cm³/mol. The van der Waals surface area contributed by atoms with Crippen LogP contribution in [0.3, 0.4) is 0 Å². The molecule has 1 saturated heterocycles. The molecule has 1 aliphatic rings. The number of hydrogen-bond acceptors (Lipinski definition) is 3. The summed E-state index contributed by atoms with van der Waals surface area (Å²) in [5.41, 5.74) is 2.09. The molecule has 120 valence electrons. The molecule has 2 N–H and O–H groups in total. The fourth-order valence-corrected chi connectivity index (χ4v) is 2.42. The van der Waals surface area contributed by atoms with Crippen LogP contribution in [0.5, 0.6) is 0 Å². The summed E-state index contributed by atoms with van der Waals surface area (Å²) in [5, 5.41) is 6.27. The predicted octanol–water partition coefficient (Wildman–Crippen LogP) is 2.67. The first-order valence-corrected chi connectivity index (χ1v) is 6.93. The zero-order valence-corrected chi connectivity index (χ0v) is 14.2. The summed E-state index contributed by atoms with van der Waals surface area (Å²) in [7, 11) is 4.08. The van der Waals surface area contributed by atoms with E-state index in [1.807, 2.05) is 32.3 Å². The van der Waals surface area contributed by atoms with Crippen LogP contribution in [0.2, 0.25) is 0 Å². The number of amides is 1. The zero-order chi connectivity index (χ0) is 13.7. The second kappa shape index (κ2) is 10.0. The Kier molecular flexibility index (Phi) is 9.62. The number of carbonyl (C=O) groups is 1. The highest BCUT2D eigenvalue weighted by atomic mass is 35.5. The van der Waals surface area contributed by atoms with Gasteiger partial charge in [0.25, 0.3) is 0 Å². The summed E-state index contributed by atoms with van der Waals surface area (Å²) in [6.07, 6.45) is 3.23. The lowest BCUT2D eigenvalue weighted by atomic mass is 10.0. The Morgan fingerprint density at radius 2 is 2.10 bits per heavy atom. The van der Waals surface area contributed by atoms with Crippen molar-refractivity contribution in [3.63, 3.8) is 0 Å². The maximum atomic E-state index is 12.1. The Morgan fingerprint density at radius 1 is 1.33 bits per heavy atom. The van der Waals surface area contributed by atoms with Gasteiger partial charge >= 0.3 is 0 Å². The van der Waals surface area contributed by atoms with Crippen molar-refractivity contribution in [1.29, 1.82) is 0 Å². The van der Waals surface area contributed by atoms with Gasteiger partial charge in [0, 0.05) is 12.2 Å². The average Bonchev–Trinajstić information content (AvgIpc) is 2.39. The van der Waals surface area contributed by atoms with Crippen molar-refractivity contribution >= 4 is 36.4 Å². The number of hydrogen-bond donors (Lipinski definition) is 2. The molecule has 1 amide bonds. The molecule has 0 spiro atoms. The van der Waals surface area contributed by atoms with Crippen LogP contribution < -0.4 is 10.6 Å². The van der Waals surface area contributed by atoms with Crippen LogP contribution in [0, 0.1) is 0 Å². The quantitative estimate of drug-likeness (QED) is 0.890. The number of piperidine rings is 1. The average molecular weight is 334 g/mol. The van der Waals surface area contributed by atoms with Crippen LogP contribution >= 0.6 is 24.8 Å². The molecule has 1 aromatic rings. The van der Waals surface area contributed by atoms with E-state index in [4.69, 9.17) is 0 Å². The van der Waals surface area contributed by atoms with Gasteiger partial charge in [0.05, 0.1) is 6.04 Å². The maximum Gasteiger partial charge on any atom is 0.241 e. The molecule has 1 aliphatic heterocycles. The van der Waals surface area contributed by atoms with Gasteiger partial charge in [-0.05, 0) is 51.2 Å². The molecule has 1 heterocycles. The SMILES string of the molecule is CN(C)Cc1cccc(NC(=O)[C@H]2CCCCN2)c1.Cl.Cl. The fraction of sp³-hybridized carbons (Fsp3) is 0.533. The fourth-order valence-electron chi connectivity index (χ4n) is 2.42. The van der Waals surface area contributed by atoms with Gasteiger partial charge in [-0.3, -0.25) is 4.79 Å². The van der Waals surface area contributed by atoms with E-state index in [1.54, 1.807) is 0 Å². The summed E-state index contributed by atoms with van der Waals surface area (Å²) in [6.45, 7) is 1.82. The van der Waals surface area contributed by atoms with Gasteiger partial charge in [0.1, 0.15) is 0 Å². The number of carbonyl (C=O) groups excluding carboxylic acids is 1. The van der Waals surface area contributed by atoms with E-state index in [0.717, 1.165) is 31.6 Å². The topological polar surface area (TPSA) is 44.4 Å². The van der Waals surface area contributed by atoms with Crippen LogP contribution in [-0.4, -0.2) is 37.5 Å². The first-order valence-electron chi connectivity index (χ1n) is 6.93. The molecular weight excluding hydrogens is 309 g/mol. The van der Waals surface area contributed by atoms with E-state index in [0.29, 0.717) is 0 Å². The van der Waals surface area contributed by atoms with E-state index in [9.17, 15) is 4.79 Å². The highest BCUT2D eigenvalue weighted by molar-refractivity contribution is 5.94. The lowest BCUT2D eigenvalue weighted by molar-refractivity contribution is -0.118. The molecule has 1 atom stereocenters. The number of rotatable bonds is 4. The van der Waals surface area contributed by atoms with Crippen molar-refractivity contribution in [2.24, 2.45) is 0 Å². The lowest BCUT2D eigenvalue weighted by Crippen LogP contribution is -2.43. The Bertz CT molecular complexity index is 435. The van der Waals surface area contributed by atoms with Crippen molar-refractivity contribution in [2.45, 2.75) is 31.8 Å². The van der Waals surface area contributed by atoms with Crippen molar-refractivity contribution in [1.82, 2.24) is 10.2 Å². The number of benzene rings is 1. The Morgan fingerprint density at radius 3 is 2.71 bits per heavy atom. The van der Waals surface area contributed by atoms with E-state index in [-0.39, 0.29) is 36.8 Å². The van der Waals surface area contributed by atoms with Gasteiger partial charge in [0.2, 0.25) is 5.91 Å². The smallest absolute Gasteiger partial charge is 0.241 e. The molecule has 2 rings (SSSR count). The van der Waals surface area contributed by atoms with Gasteiger partial charge in [-0.2, -0.15) is 0 Å². The van der Waals surface area contributed by atoms with Gasteiger partial charge in [-0.25, -0.2) is 0 Å². The van der Waals surface area contributed by atoms with E-state index in [1.165, 1.54) is 12.0 Å². The van der Waals surface area contributed by atoms with Crippen LogP contribution in [0.25, 0.3) is 0 Å². The molecule has 0 saturated carbocycles. The molecule has 1 fully saturated rings. The normalized spacial score (nSPS) is 17.6. The summed E-state index contributed by atoms with van der Waals surface area (Å²) < 4.78 is 0. The van der Waals surface area contributed by atoms with Gasteiger partial charge in [0.15, 0.2) is 0 Å². The molecule has 21 heavy (non-hydrogen) atoms. The van der Waals surface area contributed by atoms with Gasteiger partial charge < -0.3 is 15.5 Å². The lowest BCUT2D eigenvalue weighted by Gasteiger charge is -2.22. The van der Waals surface area contributed by atoms with E-state index >= 15 is 0 Å². The Hall–Kier alpha value is -0.810. The number of anilines is 1. The Balaban J connectivity index is 0.00000200. The van der Waals surface area contributed by atoms with Crippen molar-refractivity contribution < 1.29 is 4.79 Å². The molecule has 0 unspecified atom stereocenters. The molecule has 6 heteroatoms. The van der Waals surface area contributed by atoms with E-state index < -0.39 is 0 Å².